The predicted octanol–water partition coefficient (Wildman–Crippen LogP) is 5.54. The van der Waals surface area contributed by atoms with Gasteiger partial charge in [-0.05, 0) is 67.8 Å². The molecule has 2 aliphatic heterocycles. The largest absolute Gasteiger partial charge is 0.495 e. The number of nitrogens with zero attached hydrogens (tertiary/aromatic N) is 2. The van der Waals surface area contributed by atoms with Gasteiger partial charge in [-0.15, -0.1) is 0 Å². The Balaban J connectivity index is 1.31. The molecule has 3 amide bonds. The molecule has 1 atom stereocenters. The fraction of sp³-hybridized carbons (Fsp3) is 0.355. The second kappa shape index (κ2) is 13.1. The lowest BCUT2D eigenvalue weighted by Crippen LogP contribution is -2.47. The number of methoxy groups -OCH3 is 1. The Labute approximate surface area is 245 Å². The van der Waals surface area contributed by atoms with Crippen LogP contribution in [0.25, 0.3) is 0 Å². The molecule has 3 N–H and O–H groups in total. The van der Waals surface area contributed by atoms with E-state index in [1.165, 1.54) is 0 Å². The number of carbonyl (C=O) groups excluding carboxylic acids is 2. The van der Waals surface area contributed by atoms with Crippen LogP contribution in [-0.2, 0) is 4.74 Å². The number of piperazine rings is 1. The highest BCUT2D eigenvalue weighted by Crippen LogP contribution is 2.31. The van der Waals surface area contributed by atoms with Crippen LogP contribution >= 0.6 is 11.6 Å². The average Bonchev–Trinajstić information content (AvgIpc) is 3.52. The number of amides is 3. The van der Waals surface area contributed by atoms with E-state index in [1.54, 1.807) is 25.3 Å². The highest BCUT2D eigenvalue weighted by atomic mass is 35.5. The number of para-hydroxylation sites is 2. The summed E-state index contributed by atoms with van der Waals surface area (Å²) in [6.45, 7) is 6.08. The molecule has 0 spiro atoms. The number of ether oxygens (including phenoxy) is 2. The third-order valence-electron chi connectivity index (χ3n) is 7.49. The molecule has 0 aromatic heterocycles. The minimum absolute atomic E-state index is 0.0280. The Morgan fingerprint density at radius 3 is 2.32 bits per heavy atom. The Hall–Kier alpha value is -3.95. The molecule has 0 radical (unpaired) electrons. The van der Waals surface area contributed by atoms with Crippen LogP contribution in [0, 0.1) is 6.92 Å². The maximum atomic E-state index is 13.5. The average molecular weight is 578 g/mol. The van der Waals surface area contributed by atoms with Crippen molar-refractivity contribution in [1.82, 2.24) is 5.32 Å². The molecule has 2 aliphatic rings. The third kappa shape index (κ3) is 7.04. The zero-order valence-corrected chi connectivity index (χ0v) is 24.2. The van der Waals surface area contributed by atoms with E-state index in [4.69, 9.17) is 21.1 Å². The Kier molecular flexibility index (Phi) is 9.16. The molecular formula is C31H36ClN5O4. The van der Waals surface area contributed by atoms with Crippen LogP contribution in [0.4, 0.5) is 27.5 Å². The van der Waals surface area contributed by atoms with Crippen molar-refractivity contribution in [2.45, 2.75) is 25.9 Å². The molecule has 0 saturated carbocycles. The number of aryl methyl sites for hydroxylation is 1. The van der Waals surface area contributed by atoms with Crippen LogP contribution in [0.5, 0.6) is 5.75 Å². The quantitative estimate of drug-likeness (QED) is 0.326. The second-order valence-corrected chi connectivity index (χ2v) is 10.7. The van der Waals surface area contributed by atoms with Crippen molar-refractivity contribution in [2.24, 2.45) is 0 Å². The summed E-state index contributed by atoms with van der Waals surface area (Å²) >= 11 is 6.20. The molecule has 2 saturated heterocycles. The van der Waals surface area contributed by atoms with Crippen LogP contribution in [-0.4, -0.2) is 64.5 Å². The number of anilines is 4. The molecule has 5 rings (SSSR count). The fourth-order valence-electron chi connectivity index (χ4n) is 5.22. The van der Waals surface area contributed by atoms with Crippen LogP contribution < -0.4 is 30.5 Å². The van der Waals surface area contributed by atoms with E-state index in [2.05, 4.69) is 31.8 Å². The lowest BCUT2D eigenvalue weighted by Gasteiger charge is -2.38. The van der Waals surface area contributed by atoms with Gasteiger partial charge in [0, 0.05) is 61.4 Å². The number of nitrogens with one attached hydrogen (secondary N) is 3. The number of hydrogen-bond donors (Lipinski definition) is 3. The van der Waals surface area contributed by atoms with Gasteiger partial charge < -0.3 is 35.2 Å². The van der Waals surface area contributed by atoms with Gasteiger partial charge in [0.25, 0.3) is 5.91 Å². The summed E-state index contributed by atoms with van der Waals surface area (Å²) < 4.78 is 11.2. The monoisotopic (exact) mass is 577 g/mol. The van der Waals surface area contributed by atoms with Crippen LogP contribution in [0.2, 0.25) is 5.02 Å². The molecular weight excluding hydrogens is 542 g/mol. The highest BCUT2D eigenvalue weighted by Gasteiger charge is 2.25. The van der Waals surface area contributed by atoms with Crippen molar-refractivity contribution >= 4 is 46.3 Å². The normalized spacial score (nSPS) is 16.8. The van der Waals surface area contributed by atoms with Gasteiger partial charge in [0.05, 0.1) is 24.5 Å². The molecule has 2 fully saturated rings. The lowest BCUT2D eigenvalue weighted by molar-refractivity contribution is 0.0858. The first-order valence-corrected chi connectivity index (χ1v) is 14.3. The number of rotatable bonds is 8. The molecule has 0 aliphatic carbocycles. The Bertz CT molecular complexity index is 1390. The molecule has 1 unspecified atom stereocenters. The number of carbonyl (C=O) groups is 2. The van der Waals surface area contributed by atoms with Crippen molar-refractivity contribution in [3.8, 4) is 5.75 Å². The maximum Gasteiger partial charge on any atom is 0.323 e. The summed E-state index contributed by atoms with van der Waals surface area (Å²) in [6.07, 6.45) is 1.96. The van der Waals surface area contributed by atoms with Gasteiger partial charge in [0.15, 0.2) is 0 Å². The molecule has 0 bridgehead atoms. The topological polar surface area (TPSA) is 95.2 Å². The molecule has 2 heterocycles. The molecule has 9 nitrogen and oxygen atoms in total. The number of halogens is 1. The first kappa shape index (κ1) is 28.6. The SMILES string of the molecule is COc1ccccc1N1CCN(c2ccc(NC(=O)Nc3ccc(C)c(Cl)c3)cc2C(=O)NCC2CCCO2)CC1. The first-order chi connectivity index (χ1) is 19.9. The van der Waals surface area contributed by atoms with E-state index in [0.29, 0.717) is 28.5 Å². The number of urea groups is 1. The summed E-state index contributed by atoms with van der Waals surface area (Å²) in [5.74, 6) is 0.647. The van der Waals surface area contributed by atoms with Crippen molar-refractivity contribution in [3.63, 3.8) is 0 Å². The van der Waals surface area contributed by atoms with Gasteiger partial charge in [-0.1, -0.05) is 29.8 Å². The molecule has 41 heavy (non-hydrogen) atoms. The van der Waals surface area contributed by atoms with E-state index < -0.39 is 6.03 Å². The van der Waals surface area contributed by atoms with E-state index in [1.807, 2.05) is 43.3 Å². The smallest absolute Gasteiger partial charge is 0.323 e. The van der Waals surface area contributed by atoms with Gasteiger partial charge in [-0.25, -0.2) is 4.79 Å². The minimum atomic E-state index is -0.422. The van der Waals surface area contributed by atoms with Crippen LogP contribution in [0.15, 0.2) is 60.7 Å². The second-order valence-electron chi connectivity index (χ2n) is 10.3. The minimum Gasteiger partial charge on any atom is -0.495 e. The molecule has 3 aromatic rings. The highest BCUT2D eigenvalue weighted by molar-refractivity contribution is 6.31. The van der Waals surface area contributed by atoms with Crippen molar-refractivity contribution in [3.05, 3.63) is 76.8 Å². The zero-order chi connectivity index (χ0) is 28.8. The number of benzene rings is 3. The van der Waals surface area contributed by atoms with Gasteiger partial charge in [-0.2, -0.15) is 0 Å². The van der Waals surface area contributed by atoms with Crippen molar-refractivity contribution in [2.75, 3.05) is 66.9 Å². The maximum absolute atomic E-state index is 13.5. The van der Waals surface area contributed by atoms with Crippen LogP contribution in [0.3, 0.4) is 0 Å². The van der Waals surface area contributed by atoms with E-state index in [9.17, 15) is 9.59 Å². The van der Waals surface area contributed by atoms with Gasteiger partial charge in [0.2, 0.25) is 0 Å². The summed E-state index contributed by atoms with van der Waals surface area (Å²) in [4.78, 5) is 30.7. The van der Waals surface area contributed by atoms with Crippen LogP contribution in [0.1, 0.15) is 28.8 Å². The number of hydrogen-bond acceptors (Lipinski definition) is 6. The summed E-state index contributed by atoms with van der Waals surface area (Å²) in [5.41, 5.74) is 4.41. The molecule has 10 heteroatoms. The summed E-state index contributed by atoms with van der Waals surface area (Å²) in [5, 5.41) is 9.26. The standard InChI is InChI=1S/C31H36ClN5O4/c1-21-9-10-23(19-26(21)32)35-31(39)34-22-11-12-27(25(18-22)30(38)33-20-24-6-5-17-41-24)36-13-15-37(16-14-36)28-7-3-4-8-29(28)40-2/h3-4,7-12,18-19,24H,5-6,13-17,20H2,1-2H3,(H,33,38)(H2,34,35,39). The van der Waals surface area contributed by atoms with Crippen molar-refractivity contribution < 1.29 is 19.1 Å². The Morgan fingerprint density at radius 1 is 0.951 bits per heavy atom. The van der Waals surface area contributed by atoms with E-state index in [-0.39, 0.29) is 12.0 Å². The summed E-state index contributed by atoms with van der Waals surface area (Å²) in [6, 6.07) is 18.4. The molecule has 3 aromatic carbocycles. The first-order valence-electron chi connectivity index (χ1n) is 13.9. The van der Waals surface area contributed by atoms with Gasteiger partial charge in [-0.3, -0.25) is 4.79 Å². The van der Waals surface area contributed by atoms with Gasteiger partial charge in [0.1, 0.15) is 5.75 Å². The van der Waals surface area contributed by atoms with E-state index in [0.717, 1.165) is 68.3 Å². The van der Waals surface area contributed by atoms with Crippen molar-refractivity contribution in [1.29, 1.82) is 0 Å². The summed E-state index contributed by atoms with van der Waals surface area (Å²) in [7, 11) is 1.68. The predicted molar refractivity (Wildman–Crippen MR) is 164 cm³/mol. The zero-order valence-electron chi connectivity index (χ0n) is 23.4. The fourth-order valence-corrected chi connectivity index (χ4v) is 5.40. The third-order valence-corrected chi connectivity index (χ3v) is 7.90. The Morgan fingerprint density at radius 2 is 1.63 bits per heavy atom. The lowest BCUT2D eigenvalue weighted by atomic mass is 10.1. The van der Waals surface area contributed by atoms with Gasteiger partial charge >= 0.3 is 6.03 Å². The molecule has 216 valence electrons. The van der Waals surface area contributed by atoms with E-state index >= 15 is 0 Å².